The molecule has 4 rings (SSSR count). The Hall–Kier alpha value is -2.05. The van der Waals surface area contributed by atoms with Crippen LogP contribution in [0, 0.1) is 13.8 Å². The van der Waals surface area contributed by atoms with Crippen LogP contribution in [0.3, 0.4) is 0 Å². The van der Waals surface area contributed by atoms with Crippen LogP contribution >= 0.6 is 23.1 Å². The lowest BCUT2D eigenvalue weighted by molar-refractivity contribution is -0.115. The zero-order valence-corrected chi connectivity index (χ0v) is 15.9. The number of fused-ring (bicyclic) bond motifs is 1. The number of hydrogen-bond donors (Lipinski definition) is 1. The van der Waals surface area contributed by atoms with Gasteiger partial charge in [0.05, 0.1) is 21.9 Å². The van der Waals surface area contributed by atoms with Crippen molar-refractivity contribution in [3.05, 3.63) is 63.5 Å². The van der Waals surface area contributed by atoms with E-state index in [9.17, 15) is 4.79 Å². The number of nitrogens with zero attached hydrogens (tertiary/aromatic N) is 2. The van der Waals surface area contributed by atoms with Gasteiger partial charge in [-0.15, -0.1) is 11.8 Å². The van der Waals surface area contributed by atoms with E-state index in [1.807, 2.05) is 30.7 Å². The van der Waals surface area contributed by atoms with E-state index in [1.54, 1.807) is 23.1 Å². The molecule has 1 amide bonds. The number of anilines is 1. The molecule has 128 valence electrons. The van der Waals surface area contributed by atoms with Gasteiger partial charge in [0.15, 0.2) is 0 Å². The first-order valence-electron chi connectivity index (χ1n) is 8.19. The minimum absolute atomic E-state index is 0.0257. The van der Waals surface area contributed by atoms with Crippen molar-refractivity contribution in [1.82, 2.24) is 9.78 Å². The summed E-state index contributed by atoms with van der Waals surface area (Å²) in [5.74, 6) is 0.818. The second-order valence-electron chi connectivity index (χ2n) is 6.30. The van der Waals surface area contributed by atoms with Gasteiger partial charge in [-0.1, -0.05) is 12.1 Å². The van der Waals surface area contributed by atoms with Crippen LogP contribution in [0.2, 0.25) is 0 Å². The molecule has 1 N–H and O–H groups in total. The van der Waals surface area contributed by atoms with Crippen molar-refractivity contribution in [2.45, 2.75) is 31.3 Å². The molecule has 2 atom stereocenters. The van der Waals surface area contributed by atoms with Gasteiger partial charge >= 0.3 is 0 Å². The van der Waals surface area contributed by atoms with Gasteiger partial charge in [0.25, 0.3) is 0 Å². The molecule has 3 aromatic rings. The molecule has 0 spiro atoms. The number of thioether (sulfide) groups is 1. The van der Waals surface area contributed by atoms with Crippen LogP contribution in [0.5, 0.6) is 0 Å². The number of nitrogens with one attached hydrogen (secondary N) is 1. The maximum absolute atomic E-state index is 12.6. The van der Waals surface area contributed by atoms with Crippen LogP contribution in [-0.2, 0) is 4.79 Å². The SMILES string of the molecule is Cc1cccc(-n2nc(C)c3c2NC(=O)C(C)SC3c2ccsc2)c1. The number of aromatic nitrogens is 2. The summed E-state index contributed by atoms with van der Waals surface area (Å²) < 4.78 is 1.87. The van der Waals surface area contributed by atoms with Gasteiger partial charge in [-0.25, -0.2) is 4.68 Å². The van der Waals surface area contributed by atoms with Gasteiger partial charge in [0.2, 0.25) is 5.91 Å². The van der Waals surface area contributed by atoms with Crippen LogP contribution in [0.25, 0.3) is 5.69 Å². The molecule has 3 heterocycles. The Bertz CT molecular complexity index is 930. The van der Waals surface area contributed by atoms with Crippen molar-refractivity contribution < 1.29 is 4.79 Å². The topological polar surface area (TPSA) is 46.9 Å². The highest BCUT2D eigenvalue weighted by Gasteiger charge is 2.34. The first kappa shape index (κ1) is 16.4. The minimum Gasteiger partial charge on any atom is -0.309 e. The number of thiophene rings is 1. The molecule has 25 heavy (non-hydrogen) atoms. The van der Waals surface area contributed by atoms with Crippen molar-refractivity contribution >= 4 is 34.8 Å². The summed E-state index contributed by atoms with van der Waals surface area (Å²) in [5.41, 5.74) is 5.41. The zero-order valence-electron chi connectivity index (χ0n) is 14.3. The highest BCUT2D eigenvalue weighted by Crippen LogP contribution is 2.46. The molecular weight excluding hydrogens is 350 g/mol. The lowest BCUT2D eigenvalue weighted by Crippen LogP contribution is -2.22. The fraction of sp³-hybridized carbons (Fsp3) is 0.263. The molecule has 1 aromatic carbocycles. The third kappa shape index (κ3) is 2.89. The predicted octanol–water partition coefficient (Wildman–Crippen LogP) is 4.71. The summed E-state index contributed by atoms with van der Waals surface area (Å²) in [6, 6.07) is 10.3. The summed E-state index contributed by atoms with van der Waals surface area (Å²) in [4.78, 5) is 12.6. The Morgan fingerprint density at radius 3 is 2.80 bits per heavy atom. The number of carbonyl (C=O) groups excluding carboxylic acids is 1. The summed E-state index contributed by atoms with van der Waals surface area (Å²) >= 11 is 3.36. The maximum atomic E-state index is 12.6. The second-order valence-corrected chi connectivity index (χ2v) is 8.53. The molecule has 2 aromatic heterocycles. The van der Waals surface area contributed by atoms with Gasteiger partial charge in [0, 0.05) is 5.56 Å². The summed E-state index contributed by atoms with van der Waals surface area (Å²) in [6.07, 6.45) is 0. The molecule has 1 aliphatic heterocycles. The normalized spacial score (nSPS) is 20.0. The van der Waals surface area contributed by atoms with E-state index in [2.05, 4.69) is 41.2 Å². The van der Waals surface area contributed by atoms with Crippen molar-refractivity contribution in [3.63, 3.8) is 0 Å². The predicted molar refractivity (Wildman–Crippen MR) is 105 cm³/mol. The van der Waals surface area contributed by atoms with Gasteiger partial charge in [-0.2, -0.15) is 16.4 Å². The summed E-state index contributed by atoms with van der Waals surface area (Å²) in [5, 5.41) is 12.1. The quantitative estimate of drug-likeness (QED) is 0.711. The number of rotatable bonds is 2. The largest absolute Gasteiger partial charge is 0.309 e. The second kappa shape index (κ2) is 6.35. The molecule has 0 saturated carbocycles. The van der Waals surface area contributed by atoms with Crippen molar-refractivity contribution in [2.75, 3.05) is 5.32 Å². The van der Waals surface area contributed by atoms with Crippen molar-refractivity contribution in [1.29, 1.82) is 0 Å². The molecule has 0 fully saturated rings. The molecule has 2 unspecified atom stereocenters. The van der Waals surface area contributed by atoms with Gasteiger partial charge in [-0.3, -0.25) is 4.79 Å². The van der Waals surface area contributed by atoms with E-state index in [1.165, 1.54) is 5.56 Å². The van der Waals surface area contributed by atoms with Gasteiger partial charge < -0.3 is 5.32 Å². The number of aryl methyl sites for hydroxylation is 2. The summed E-state index contributed by atoms with van der Waals surface area (Å²) in [6.45, 7) is 6.04. The third-order valence-electron chi connectivity index (χ3n) is 4.41. The van der Waals surface area contributed by atoms with E-state index < -0.39 is 0 Å². The Kier molecular flexibility index (Phi) is 4.17. The first-order chi connectivity index (χ1) is 12.0. The van der Waals surface area contributed by atoms with Crippen LogP contribution in [0.4, 0.5) is 5.82 Å². The average Bonchev–Trinajstić information content (AvgIpc) is 3.19. The highest BCUT2D eigenvalue weighted by atomic mass is 32.2. The molecular formula is C19H19N3OS2. The molecule has 6 heteroatoms. The number of amides is 1. The molecule has 0 aliphatic carbocycles. The molecule has 4 nitrogen and oxygen atoms in total. The lowest BCUT2D eigenvalue weighted by Gasteiger charge is -2.15. The minimum atomic E-state index is -0.123. The van der Waals surface area contributed by atoms with E-state index in [4.69, 9.17) is 5.10 Å². The van der Waals surface area contributed by atoms with Crippen LogP contribution < -0.4 is 5.32 Å². The van der Waals surface area contributed by atoms with Crippen LogP contribution in [0.15, 0.2) is 41.1 Å². The van der Waals surface area contributed by atoms with Crippen LogP contribution in [-0.4, -0.2) is 20.9 Å². The standard InChI is InChI=1S/C19H19N3OS2/c1-11-5-4-6-15(9-11)22-18-16(12(2)21-22)17(14-7-8-24-10-14)25-13(3)19(23)20-18/h4-10,13,17H,1-3H3,(H,20,23). The molecule has 0 radical (unpaired) electrons. The fourth-order valence-electron chi connectivity index (χ4n) is 3.14. The Labute approximate surface area is 155 Å². The van der Waals surface area contributed by atoms with Crippen LogP contribution in [0.1, 0.15) is 34.6 Å². The van der Waals surface area contributed by atoms with E-state index in [0.717, 1.165) is 28.3 Å². The summed E-state index contributed by atoms with van der Waals surface area (Å²) in [7, 11) is 0. The van der Waals surface area contributed by atoms with Crippen molar-refractivity contribution in [3.8, 4) is 5.69 Å². The molecule has 1 aliphatic rings. The average molecular weight is 370 g/mol. The van der Waals surface area contributed by atoms with E-state index in [0.29, 0.717) is 0 Å². The maximum Gasteiger partial charge on any atom is 0.238 e. The Morgan fingerprint density at radius 2 is 2.08 bits per heavy atom. The highest BCUT2D eigenvalue weighted by molar-refractivity contribution is 8.01. The zero-order chi connectivity index (χ0) is 17.6. The van der Waals surface area contributed by atoms with Gasteiger partial charge in [-0.05, 0) is 60.9 Å². The first-order valence-corrected chi connectivity index (χ1v) is 10.1. The number of benzene rings is 1. The molecule has 0 saturated heterocycles. The fourth-order valence-corrected chi connectivity index (χ4v) is 5.23. The smallest absolute Gasteiger partial charge is 0.238 e. The monoisotopic (exact) mass is 369 g/mol. The van der Waals surface area contributed by atoms with E-state index >= 15 is 0 Å². The van der Waals surface area contributed by atoms with Crippen molar-refractivity contribution in [2.24, 2.45) is 0 Å². The third-order valence-corrected chi connectivity index (χ3v) is 6.52. The number of carbonyl (C=O) groups is 1. The molecule has 0 bridgehead atoms. The lowest BCUT2D eigenvalue weighted by atomic mass is 10.1. The Balaban J connectivity index is 1.92. The Morgan fingerprint density at radius 1 is 1.24 bits per heavy atom. The van der Waals surface area contributed by atoms with E-state index in [-0.39, 0.29) is 16.4 Å². The van der Waals surface area contributed by atoms with Gasteiger partial charge in [0.1, 0.15) is 5.82 Å². The number of hydrogen-bond acceptors (Lipinski definition) is 4.